The Kier molecular flexibility index (Phi) is 3.22. The van der Waals surface area contributed by atoms with Gasteiger partial charge in [-0.05, 0) is 31.4 Å². The SMILES string of the molecule is OCC1CCCc2cnc(-c3ccc(Br)cc3)n21. The van der Waals surface area contributed by atoms with E-state index in [-0.39, 0.29) is 12.6 Å². The largest absolute Gasteiger partial charge is 0.394 e. The molecule has 18 heavy (non-hydrogen) atoms. The van der Waals surface area contributed by atoms with E-state index in [1.165, 1.54) is 5.69 Å². The van der Waals surface area contributed by atoms with E-state index >= 15 is 0 Å². The molecule has 1 aliphatic heterocycles. The topological polar surface area (TPSA) is 38.1 Å². The predicted molar refractivity (Wildman–Crippen MR) is 74.4 cm³/mol. The minimum atomic E-state index is 0.176. The monoisotopic (exact) mass is 306 g/mol. The second-order valence-corrected chi connectivity index (χ2v) is 5.59. The minimum absolute atomic E-state index is 0.176. The molecule has 1 aromatic heterocycles. The summed E-state index contributed by atoms with van der Waals surface area (Å²) in [4.78, 5) is 4.53. The molecule has 0 amide bonds. The van der Waals surface area contributed by atoms with Gasteiger partial charge in [-0.3, -0.25) is 0 Å². The van der Waals surface area contributed by atoms with Crippen molar-refractivity contribution in [3.05, 3.63) is 40.6 Å². The van der Waals surface area contributed by atoms with Gasteiger partial charge in [0.15, 0.2) is 0 Å². The van der Waals surface area contributed by atoms with Crippen LogP contribution in [0.25, 0.3) is 11.4 Å². The van der Waals surface area contributed by atoms with Gasteiger partial charge in [0.1, 0.15) is 5.82 Å². The number of fused-ring (bicyclic) bond motifs is 1. The van der Waals surface area contributed by atoms with Gasteiger partial charge < -0.3 is 9.67 Å². The molecule has 0 radical (unpaired) electrons. The van der Waals surface area contributed by atoms with Gasteiger partial charge in [-0.2, -0.15) is 0 Å². The van der Waals surface area contributed by atoms with Crippen molar-refractivity contribution in [2.75, 3.05) is 6.61 Å². The van der Waals surface area contributed by atoms with Gasteiger partial charge in [-0.1, -0.05) is 28.1 Å². The highest BCUT2D eigenvalue weighted by atomic mass is 79.9. The van der Waals surface area contributed by atoms with E-state index in [1.807, 2.05) is 18.3 Å². The van der Waals surface area contributed by atoms with E-state index in [0.29, 0.717) is 0 Å². The zero-order chi connectivity index (χ0) is 12.5. The molecular formula is C14H15BrN2O. The molecule has 2 heterocycles. The summed E-state index contributed by atoms with van der Waals surface area (Å²) in [5, 5.41) is 9.52. The number of halogens is 1. The van der Waals surface area contributed by atoms with Gasteiger partial charge in [-0.25, -0.2) is 4.98 Å². The number of nitrogens with zero attached hydrogens (tertiary/aromatic N) is 2. The number of hydrogen-bond donors (Lipinski definition) is 1. The molecule has 1 aromatic carbocycles. The van der Waals surface area contributed by atoms with Crippen LogP contribution in [0, 0.1) is 0 Å². The molecule has 1 N–H and O–H groups in total. The van der Waals surface area contributed by atoms with Gasteiger partial charge >= 0.3 is 0 Å². The van der Waals surface area contributed by atoms with Crippen molar-refractivity contribution in [1.82, 2.24) is 9.55 Å². The van der Waals surface area contributed by atoms with E-state index in [0.717, 1.165) is 35.1 Å². The molecule has 0 saturated carbocycles. The molecule has 1 aliphatic rings. The summed E-state index contributed by atoms with van der Waals surface area (Å²) in [6.45, 7) is 0.187. The van der Waals surface area contributed by atoms with Crippen LogP contribution < -0.4 is 0 Å². The molecule has 0 saturated heterocycles. The van der Waals surface area contributed by atoms with Crippen LogP contribution in [0.2, 0.25) is 0 Å². The molecule has 0 spiro atoms. The smallest absolute Gasteiger partial charge is 0.140 e. The third-order valence-electron chi connectivity index (χ3n) is 3.52. The Hall–Kier alpha value is -1.13. The van der Waals surface area contributed by atoms with Gasteiger partial charge in [0, 0.05) is 21.9 Å². The lowest BCUT2D eigenvalue weighted by Crippen LogP contribution is -2.21. The van der Waals surface area contributed by atoms with Gasteiger partial charge in [0.05, 0.1) is 12.6 Å². The number of hydrogen-bond acceptors (Lipinski definition) is 2. The molecule has 1 unspecified atom stereocenters. The molecule has 0 fully saturated rings. The first-order valence-electron chi connectivity index (χ1n) is 6.22. The number of aromatic nitrogens is 2. The summed E-state index contributed by atoms with van der Waals surface area (Å²) < 4.78 is 3.27. The van der Waals surface area contributed by atoms with E-state index < -0.39 is 0 Å². The molecule has 0 aliphatic carbocycles. The normalized spacial score (nSPS) is 18.7. The van der Waals surface area contributed by atoms with Crippen LogP contribution in [0.1, 0.15) is 24.6 Å². The Morgan fingerprint density at radius 2 is 2.11 bits per heavy atom. The quantitative estimate of drug-likeness (QED) is 0.925. The maximum absolute atomic E-state index is 9.52. The van der Waals surface area contributed by atoms with Crippen LogP contribution in [0.3, 0.4) is 0 Å². The Morgan fingerprint density at radius 3 is 2.83 bits per heavy atom. The van der Waals surface area contributed by atoms with Crippen LogP contribution in [-0.4, -0.2) is 21.3 Å². The van der Waals surface area contributed by atoms with Gasteiger partial charge in [0.2, 0.25) is 0 Å². The fraction of sp³-hybridized carbons (Fsp3) is 0.357. The third-order valence-corrected chi connectivity index (χ3v) is 4.05. The predicted octanol–water partition coefficient (Wildman–Crippen LogP) is 3.18. The first-order chi connectivity index (χ1) is 8.79. The highest BCUT2D eigenvalue weighted by Crippen LogP contribution is 2.31. The average molecular weight is 307 g/mol. The highest BCUT2D eigenvalue weighted by molar-refractivity contribution is 9.10. The van der Waals surface area contributed by atoms with Gasteiger partial charge in [-0.15, -0.1) is 0 Å². The van der Waals surface area contributed by atoms with Crippen molar-refractivity contribution in [2.24, 2.45) is 0 Å². The van der Waals surface area contributed by atoms with Crippen molar-refractivity contribution in [3.8, 4) is 11.4 Å². The standard InChI is InChI=1S/C14H15BrN2O/c15-11-6-4-10(5-7-11)14-16-8-12-2-1-3-13(9-18)17(12)14/h4-8,13,18H,1-3,9H2. The molecular weight excluding hydrogens is 292 g/mol. The van der Waals surface area contributed by atoms with Crippen LogP contribution in [0.4, 0.5) is 0 Å². The highest BCUT2D eigenvalue weighted by Gasteiger charge is 2.23. The fourth-order valence-corrected chi connectivity index (χ4v) is 2.89. The first kappa shape index (κ1) is 11.9. The number of rotatable bonds is 2. The van der Waals surface area contributed by atoms with Crippen LogP contribution in [-0.2, 0) is 6.42 Å². The molecule has 3 rings (SSSR count). The molecule has 94 valence electrons. The Morgan fingerprint density at radius 1 is 1.33 bits per heavy atom. The van der Waals surface area contributed by atoms with E-state index in [1.54, 1.807) is 0 Å². The molecule has 1 atom stereocenters. The van der Waals surface area contributed by atoms with Gasteiger partial charge in [0.25, 0.3) is 0 Å². The van der Waals surface area contributed by atoms with Crippen molar-refractivity contribution >= 4 is 15.9 Å². The Balaban J connectivity index is 2.08. The number of benzene rings is 1. The minimum Gasteiger partial charge on any atom is -0.394 e. The summed E-state index contributed by atoms with van der Waals surface area (Å²) in [7, 11) is 0. The molecule has 4 heteroatoms. The zero-order valence-electron chi connectivity index (χ0n) is 10.0. The Labute approximate surface area is 115 Å². The lowest BCUT2D eigenvalue weighted by molar-refractivity contribution is 0.208. The third kappa shape index (κ3) is 1.99. The Bertz CT molecular complexity index is 547. The van der Waals surface area contributed by atoms with E-state index in [4.69, 9.17) is 0 Å². The summed E-state index contributed by atoms with van der Waals surface area (Å²) >= 11 is 3.44. The maximum atomic E-state index is 9.52. The second kappa shape index (κ2) is 4.86. The number of aryl methyl sites for hydroxylation is 1. The molecule has 3 nitrogen and oxygen atoms in total. The van der Waals surface area contributed by atoms with Crippen LogP contribution >= 0.6 is 15.9 Å². The zero-order valence-corrected chi connectivity index (χ0v) is 11.6. The van der Waals surface area contributed by atoms with Crippen molar-refractivity contribution in [3.63, 3.8) is 0 Å². The van der Waals surface area contributed by atoms with Crippen LogP contribution in [0.15, 0.2) is 34.9 Å². The fourth-order valence-electron chi connectivity index (χ4n) is 2.62. The number of imidazole rings is 1. The maximum Gasteiger partial charge on any atom is 0.140 e. The average Bonchev–Trinajstić information content (AvgIpc) is 2.83. The lowest BCUT2D eigenvalue weighted by Gasteiger charge is -2.25. The van der Waals surface area contributed by atoms with Crippen LogP contribution in [0.5, 0.6) is 0 Å². The van der Waals surface area contributed by atoms with Crippen molar-refractivity contribution < 1.29 is 5.11 Å². The summed E-state index contributed by atoms with van der Waals surface area (Å²) in [5.74, 6) is 0.969. The number of aliphatic hydroxyl groups is 1. The molecule has 2 aromatic rings. The first-order valence-corrected chi connectivity index (χ1v) is 7.02. The summed E-state index contributed by atoms with van der Waals surface area (Å²) in [6.07, 6.45) is 5.17. The van der Waals surface area contributed by atoms with Crippen molar-refractivity contribution in [1.29, 1.82) is 0 Å². The van der Waals surface area contributed by atoms with E-state index in [2.05, 4.69) is 37.6 Å². The number of aliphatic hydroxyl groups excluding tert-OH is 1. The lowest BCUT2D eigenvalue weighted by atomic mass is 10.0. The summed E-state index contributed by atoms with van der Waals surface area (Å²) in [5.41, 5.74) is 2.34. The van der Waals surface area contributed by atoms with E-state index in [9.17, 15) is 5.11 Å². The molecule has 0 bridgehead atoms. The summed E-state index contributed by atoms with van der Waals surface area (Å²) in [6, 6.07) is 8.34. The second-order valence-electron chi connectivity index (χ2n) is 4.68. The van der Waals surface area contributed by atoms with Crippen molar-refractivity contribution in [2.45, 2.75) is 25.3 Å².